The lowest BCUT2D eigenvalue weighted by Crippen LogP contribution is -2.28. The van der Waals surface area contributed by atoms with E-state index in [1.807, 2.05) is 19.1 Å². The molecule has 1 rings (SSSR count). The van der Waals surface area contributed by atoms with Crippen molar-refractivity contribution in [3.63, 3.8) is 0 Å². The van der Waals surface area contributed by atoms with E-state index >= 15 is 0 Å². The molecule has 0 aromatic rings. The van der Waals surface area contributed by atoms with Gasteiger partial charge in [0.15, 0.2) is 0 Å². The van der Waals surface area contributed by atoms with Gasteiger partial charge in [-0.05, 0) is 44.6 Å². The maximum atomic E-state index is 9.92. The van der Waals surface area contributed by atoms with Crippen LogP contribution in [0.25, 0.3) is 0 Å². The van der Waals surface area contributed by atoms with Gasteiger partial charge in [0, 0.05) is 0 Å². The van der Waals surface area contributed by atoms with Crippen LogP contribution >= 0.6 is 0 Å². The molecule has 0 aromatic heterocycles. The van der Waals surface area contributed by atoms with Crippen LogP contribution in [0.5, 0.6) is 0 Å². The Bertz CT molecular complexity index is 528. The third kappa shape index (κ3) is 5.78. The molecule has 1 unspecified atom stereocenters. The van der Waals surface area contributed by atoms with E-state index in [0.29, 0.717) is 0 Å². The summed E-state index contributed by atoms with van der Waals surface area (Å²) >= 11 is 0. The number of hydrogen-bond acceptors (Lipinski definition) is 2. The van der Waals surface area contributed by atoms with Crippen molar-refractivity contribution in [3.05, 3.63) is 58.7 Å². The summed E-state index contributed by atoms with van der Waals surface area (Å²) in [5.41, 5.74) is 4.87. The molecule has 0 saturated heterocycles. The van der Waals surface area contributed by atoms with Crippen LogP contribution in [0, 0.1) is 5.41 Å². The lowest BCUT2D eigenvalue weighted by molar-refractivity contribution is 0.116. The molecule has 122 valence electrons. The predicted octanol–water partition coefficient (Wildman–Crippen LogP) is 4.48. The van der Waals surface area contributed by atoms with E-state index in [1.54, 1.807) is 6.08 Å². The summed E-state index contributed by atoms with van der Waals surface area (Å²) in [6, 6.07) is 0. The van der Waals surface area contributed by atoms with Crippen molar-refractivity contribution in [2.45, 2.75) is 53.6 Å². The van der Waals surface area contributed by atoms with E-state index in [4.69, 9.17) is 5.11 Å². The van der Waals surface area contributed by atoms with Gasteiger partial charge in [-0.25, -0.2) is 0 Å². The highest BCUT2D eigenvalue weighted by Gasteiger charge is 2.31. The average molecular weight is 302 g/mol. The lowest BCUT2D eigenvalue weighted by atomic mass is 9.71. The number of aliphatic hydroxyl groups is 2. The molecule has 1 aliphatic rings. The Kier molecular flexibility index (Phi) is 7.05. The van der Waals surface area contributed by atoms with E-state index in [0.717, 1.165) is 18.4 Å². The molecule has 0 amide bonds. The minimum Gasteiger partial charge on any atom is -0.393 e. The first-order valence-electron chi connectivity index (χ1n) is 7.95. The Balaban J connectivity index is 2.82. The van der Waals surface area contributed by atoms with Crippen molar-refractivity contribution < 1.29 is 10.2 Å². The van der Waals surface area contributed by atoms with Gasteiger partial charge in [-0.3, -0.25) is 0 Å². The quantitative estimate of drug-likeness (QED) is 0.735. The molecule has 0 aromatic carbocycles. The lowest BCUT2D eigenvalue weighted by Gasteiger charge is -2.35. The van der Waals surface area contributed by atoms with Crippen LogP contribution in [0.4, 0.5) is 0 Å². The van der Waals surface area contributed by atoms with E-state index in [1.165, 1.54) is 16.7 Å². The maximum Gasteiger partial charge on any atom is 0.0617 e. The van der Waals surface area contributed by atoms with E-state index < -0.39 is 0 Å². The molecule has 0 heterocycles. The van der Waals surface area contributed by atoms with Gasteiger partial charge in [0.1, 0.15) is 0 Å². The summed E-state index contributed by atoms with van der Waals surface area (Å²) < 4.78 is 0. The number of hydrogen-bond donors (Lipinski definition) is 2. The minimum absolute atomic E-state index is 0.0226. The van der Waals surface area contributed by atoms with Gasteiger partial charge in [-0.1, -0.05) is 67.0 Å². The summed E-state index contributed by atoms with van der Waals surface area (Å²) in [5, 5.41) is 18.7. The van der Waals surface area contributed by atoms with Gasteiger partial charge in [0.25, 0.3) is 0 Å². The molecule has 0 fully saturated rings. The minimum atomic E-state index is -0.215. The van der Waals surface area contributed by atoms with Crippen molar-refractivity contribution >= 4 is 0 Å². The highest BCUT2D eigenvalue weighted by atomic mass is 16.3. The Hall–Kier alpha value is -1.38. The van der Waals surface area contributed by atoms with E-state index in [-0.39, 0.29) is 18.1 Å². The Labute approximate surface area is 135 Å². The van der Waals surface area contributed by atoms with Gasteiger partial charge in [0.2, 0.25) is 0 Å². The van der Waals surface area contributed by atoms with E-state index in [2.05, 4.69) is 45.9 Å². The molecule has 2 N–H and O–H groups in total. The predicted molar refractivity (Wildman–Crippen MR) is 94.6 cm³/mol. The normalized spacial score (nSPS) is 23.9. The molecular formula is C20H30O2. The zero-order chi connectivity index (χ0) is 16.8. The molecule has 0 saturated carbocycles. The van der Waals surface area contributed by atoms with Crippen molar-refractivity contribution in [3.8, 4) is 0 Å². The zero-order valence-electron chi connectivity index (χ0n) is 14.6. The summed E-state index contributed by atoms with van der Waals surface area (Å²) in [7, 11) is 0. The van der Waals surface area contributed by atoms with Crippen molar-refractivity contribution in [2.24, 2.45) is 5.41 Å². The summed E-state index contributed by atoms with van der Waals surface area (Å²) in [6.45, 7) is 10.6. The molecule has 1 atom stereocenters. The van der Waals surface area contributed by atoms with Gasteiger partial charge in [-0.15, -0.1) is 0 Å². The SMILES string of the molecule is CC1=C(/C=C/C(C)=C\C=C\C(C)=C/CO)C(C)(C)CC(O)C1. The second-order valence-corrected chi connectivity index (χ2v) is 6.87. The first-order valence-corrected chi connectivity index (χ1v) is 7.95. The number of allylic oxidation sites excluding steroid dienone is 8. The zero-order valence-corrected chi connectivity index (χ0v) is 14.6. The summed E-state index contributed by atoms with van der Waals surface area (Å²) in [5.74, 6) is 0. The number of aliphatic hydroxyl groups excluding tert-OH is 2. The van der Waals surface area contributed by atoms with Gasteiger partial charge in [-0.2, -0.15) is 0 Å². The third-order valence-electron chi connectivity index (χ3n) is 4.12. The van der Waals surface area contributed by atoms with Crippen LogP contribution in [0.15, 0.2) is 58.7 Å². The largest absolute Gasteiger partial charge is 0.393 e. The standard InChI is InChI=1S/C20H30O2/c1-15(7-6-8-16(2)11-12-21)9-10-19-17(3)13-18(22)14-20(19,4)5/h6-11,18,21-22H,12-14H2,1-5H3/b8-6+,10-9+,15-7-,16-11-. The first kappa shape index (κ1) is 18.7. The molecular weight excluding hydrogens is 272 g/mol. The second kappa shape index (κ2) is 8.30. The molecule has 2 heteroatoms. The highest BCUT2D eigenvalue weighted by Crippen LogP contribution is 2.40. The van der Waals surface area contributed by atoms with Crippen molar-refractivity contribution in [2.75, 3.05) is 6.61 Å². The molecule has 0 spiro atoms. The summed E-state index contributed by atoms with van der Waals surface area (Å²) in [6.07, 6.45) is 13.5. The first-order chi connectivity index (χ1) is 10.3. The maximum absolute atomic E-state index is 9.92. The third-order valence-corrected chi connectivity index (χ3v) is 4.12. The van der Waals surface area contributed by atoms with Crippen molar-refractivity contribution in [1.82, 2.24) is 0 Å². The molecule has 2 nitrogen and oxygen atoms in total. The van der Waals surface area contributed by atoms with Gasteiger partial charge in [0.05, 0.1) is 12.7 Å². The Morgan fingerprint density at radius 2 is 1.91 bits per heavy atom. The number of rotatable bonds is 5. The van der Waals surface area contributed by atoms with Crippen LogP contribution in [0.2, 0.25) is 0 Å². The Morgan fingerprint density at radius 3 is 2.50 bits per heavy atom. The molecule has 0 bridgehead atoms. The molecule has 0 aliphatic heterocycles. The highest BCUT2D eigenvalue weighted by molar-refractivity contribution is 5.37. The fourth-order valence-corrected chi connectivity index (χ4v) is 3.01. The molecule has 1 aliphatic carbocycles. The van der Waals surface area contributed by atoms with Crippen LogP contribution in [0.1, 0.15) is 47.5 Å². The van der Waals surface area contributed by atoms with Crippen LogP contribution in [-0.4, -0.2) is 22.9 Å². The van der Waals surface area contributed by atoms with E-state index in [9.17, 15) is 5.11 Å². The molecule has 22 heavy (non-hydrogen) atoms. The molecule has 0 radical (unpaired) electrons. The summed E-state index contributed by atoms with van der Waals surface area (Å²) in [4.78, 5) is 0. The van der Waals surface area contributed by atoms with Gasteiger partial charge >= 0.3 is 0 Å². The van der Waals surface area contributed by atoms with Crippen LogP contribution < -0.4 is 0 Å². The fourth-order valence-electron chi connectivity index (χ4n) is 3.01. The van der Waals surface area contributed by atoms with Crippen LogP contribution in [-0.2, 0) is 0 Å². The smallest absolute Gasteiger partial charge is 0.0617 e. The average Bonchev–Trinajstić information content (AvgIpc) is 2.36. The second-order valence-electron chi connectivity index (χ2n) is 6.87. The monoisotopic (exact) mass is 302 g/mol. The topological polar surface area (TPSA) is 40.5 Å². The Morgan fingerprint density at radius 1 is 1.23 bits per heavy atom. The fraction of sp³-hybridized carbons (Fsp3) is 0.500. The van der Waals surface area contributed by atoms with Gasteiger partial charge < -0.3 is 10.2 Å². The van der Waals surface area contributed by atoms with Crippen molar-refractivity contribution in [1.29, 1.82) is 0 Å². The van der Waals surface area contributed by atoms with Crippen LogP contribution in [0.3, 0.4) is 0 Å².